The molecule has 0 spiro atoms. The van der Waals surface area contributed by atoms with Gasteiger partial charge in [-0.25, -0.2) is 0 Å². The van der Waals surface area contributed by atoms with E-state index in [0.717, 1.165) is 19.4 Å². The van der Waals surface area contributed by atoms with Crippen LogP contribution in [0.3, 0.4) is 0 Å². The van der Waals surface area contributed by atoms with Crippen molar-refractivity contribution in [2.45, 2.75) is 12.8 Å². The first-order valence-electron chi connectivity index (χ1n) is 4.83. The van der Waals surface area contributed by atoms with Crippen LogP contribution in [0.4, 0.5) is 0 Å². The van der Waals surface area contributed by atoms with Crippen LogP contribution in [0.2, 0.25) is 0 Å². The molecule has 0 aromatic heterocycles. The predicted octanol–water partition coefficient (Wildman–Crippen LogP) is 1.58. The third kappa shape index (κ3) is 5.96. The van der Waals surface area contributed by atoms with E-state index in [1.165, 1.54) is 5.56 Å². The van der Waals surface area contributed by atoms with Crippen molar-refractivity contribution in [3.05, 3.63) is 35.9 Å². The summed E-state index contributed by atoms with van der Waals surface area (Å²) in [4.78, 5) is 3.82. The van der Waals surface area contributed by atoms with Crippen LogP contribution in [-0.2, 0) is 6.42 Å². The van der Waals surface area contributed by atoms with Crippen molar-refractivity contribution in [1.29, 1.82) is 0 Å². The molecule has 0 saturated carbocycles. The summed E-state index contributed by atoms with van der Waals surface area (Å²) in [6, 6.07) is 10.4. The van der Waals surface area contributed by atoms with Crippen LogP contribution in [0, 0.1) is 0 Å². The minimum absolute atomic E-state index is 0. The van der Waals surface area contributed by atoms with Crippen molar-refractivity contribution in [2.75, 3.05) is 13.6 Å². The number of halogens is 1. The molecule has 3 nitrogen and oxygen atoms in total. The van der Waals surface area contributed by atoms with Gasteiger partial charge in [0.2, 0.25) is 0 Å². The summed E-state index contributed by atoms with van der Waals surface area (Å²) >= 11 is 0. The van der Waals surface area contributed by atoms with Crippen molar-refractivity contribution < 1.29 is 0 Å². The highest BCUT2D eigenvalue weighted by molar-refractivity contribution is 5.85. The first kappa shape index (κ1) is 13.8. The van der Waals surface area contributed by atoms with E-state index in [2.05, 4.69) is 34.6 Å². The number of aryl methyl sites for hydroxylation is 1. The fourth-order valence-electron chi connectivity index (χ4n) is 1.23. The number of hydrogen-bond donors (Lipinski definition) is 2. The van der Waals surface area contributed by atoms with Gasteiger partial charge in [0.1, 0.15) is 0 Å². The first-order chi connectivity index (χ1) is 6.83. The maximum atomic E-state index is 5.49. The number of rotatable bonds is 4. The fourth-order valence-corrected chi connectivity index (χ4v) is 1.23. The van der Waals surface area contributed by atoms with Crippen LogP contribution < -0.4 is 11.1 Å². The van der Waals surface area contributed by atoms with Crippen LogP contribution in [0.25, 0.3) is 0 Å². The summed E-state index contributed by atoms with van der Waals surface area (Å²) in [6.07, 6.45) is 2.14. The fraction of sp³-hybridized carbons (Fsp3) is 0.364. The van der Waals surface area contributed by atoms with E-state index in [-0.39, 0.29) is 12.4 Å². The zero-order chi connectivity index (χ0) is 10.2. The van der Waals surface area contributed by atoms with Gasteiger partial charge in [0.05, 0.1) is 0 Å². The molecule has 0 heterocycles. The Morgan fingerprint density at radius 1 is 1.33 bits per heavy atom. The Morgan fingerprint density at radius 2 is 2.00 bits per heavy atom. The van der Waals surface area contributed by atoms with Gasteiger partial charge in [-0.15, -0.1) is 12.4 Å². The minimum atomic E-state index is 0. The number of benzene rings is 1. The Morgan fingerprint density at radius 3 is 2.60 bits per heavy atom. The summed E-state index contributed by atoms with van der Waals surface area (Å²) in [5.41, 5.74) is 6.85. The Balaban J connectivity index is 0.00000196. The second-order valence-corrected chi connectivity index (χ2v) is 3.12. The SMILES string of the molecule is CN=C(N)NCCCc1ccccc1.Cl. The molecule has 15 heavy (non-hydrogen) atoms. The van der Waals surface area contributed by atoms with Gasteiger partial charge in [0, 0.05) is 13.6 Å². The Bertz CT molecular complexity index is 285. The van der Waals surface area contributed by atoms with Gasteiger partial charge < -0.3 is 11.1 Å². The van der Waals surface area contributed by atoms with E-state index in [1.54, 1.807) is 7.05 Å². The smallest absolute Gasteiger partial charge is 0.188 e. The van der Waals surface area contributed by atoms with Gasteiger partial charge in [-0.05, 0) is 18.4 Å². The lowest BCUT2D eigenvalue weighted by molar-refractivity contribution is 0.769. The topological polar surface area (TPSA) is 50.4 Å². The molecule has 0 amide bonds. The number of aliphatic imine (C=N–C) groups is 1. The number of nitrogens with one attached hydrogen (secondary N) is 1. The lowest BCUT2D eigenvalue weighted by Gasteiger charge is -2.04. The molecule has 0 fully saturated rings. The molecule has 84 valence electrons. The first-order valence-corrected chi connectivity index (χ1v) is 4.83. The van der Waals surface area contributed by atoms with E-state index in [4.69, 9.17) is 5.73 Å². The lowest BCUT2D eigenvalue weighted by Crippen LogP contribution is -2.32. The lowest BCUT2D eigenvalue weighted by atomic mass is 10.1. The van der Waals surface area contributed by atoms with Crippen LogP contribution in [0.1, 0.15) is 12.0 Å². The second-order valence-electron chi connectivity index (χ2n) is 3.12. The van der Waals surface area contributed by atoms with E-state index in [1.807, 2.05) is 6.07 Å². The Labute approximate surface area is 97.2 Å². The van der Waals surface area contributed by atoms with Crippen LogP contribution in [0.5, 0.6) is 0 Å². The molecule has 1 aromatic rings. The van der Waals surface area contributed by atoms with Gasteiger partial charge in [-0.3, -0.25) is 4.99 Å². The van der Waals surface area contributed by atoms with Gasteiger partial charge in [-0.1, -0.05) is 30.3 Å². The molecular formula is C11H18ClN3. The predicted molar refractivity (Wildman–Crippen MR) is 67.6 cm³/mol. The van der Waals surface area contributed by atoms with Crippen molar-refractivity contribution >= 4 is 18.4 Å². The van der Waals surface area contributed by atoms with E-state index in [9.17, 15) is 0 Å². The highest BCUT2D eigenvalue weighted by Crippen LogP contribution is 2.01. The zero-order valence-electron chi connectivity index (χ0n) is 8.94. The number of hydrogen-bond acceptors (Lipinski definition) is 1. The van der Waals surface area contributed by atoms with E-state index >= 15 is 0 Å². The maximum absolute atomic E-state index is 5.49. The molecule has 0 unspecified atom stereocenters. The largest absolute Gasteiger partial charge is 0.370 e. The molecule has 0 atom stereocenters. The third-order valence-electron chi connectivity index (χ3n) is 2.03. The van der Waals surface area contributed by atoms with Crippen LogP contribution in [0.15, 0.2) is 35.3 Å². The molecule has 0 radical (unpaired) electrons. The molecule has 0 bridgehead atoms. The summed E-state index contributed by atoms with van der Waals surface area (Å²) in [5, 5.41) is 3.03. The monoisotopic (exact) mass is 227 g/mol. The Hall–Kier alpha value is -1.22. The molecule has 0 aliphatic rings. The van der Waals surface area contributed by atoms with E-state index < -0.39 is 0 Å². The number of guanidine groups is 1. The van der Waals surface area contributed by atoms with Crippen molar-refractivity contribution in [3.63, 3.8) is 0 Å². The third-order valence-corrected chi connectivity index (χ3v) is 2.03. The van der Waals surface area contributed by atoms with Gasteiger partial charge in [0.15, 0.2) is 5.96 Å². The van der Waals surface area contributed by atoms with Crippen LogP contribution >= 0.6 is 12.4 Å². The molecule has 4 heteroatoms. The molecule has 0 aliphatic heterocycles. The number of nitrogens with zero attached hydrogens (tertiary/aromatic N) is 1. The molecule has 1 rings (SSSR count). The van der Waals surface area contributed by atoms with E-state index in [0.29, 0.717) is 5.96 Å². The minimum Gasteiger partial charge on any atom is -0.370 e. The summed E-state index contributed by atoms with van der Waals surface area (Å²) in [6.45, 7) is 0.873. The zero-order valence-corrected chi connectivity index (χ0v) is 9.76. The molecular weight excluding hydrogens is 210 g/mol. The summed E-state index contributed by atoms with van der Waals surface area (Å²) in [7, 11) is 1.68. The highest BCUT2D eigenvalue weighted by Gasteiger charge is 1.92. The number of nitrogens with two attached hydrogens (primary N) is 1. The second kappa shape index (κ2) is 8.12. The van der Waals surface area contributed by atoms with Gasteiger partial charge in [0.25, 0.3) is 0 Å². The summed E-state index contributed by atoms with van der Waals surface area (Å²) in [5.74, 6) is 0.512. The average Bonchev–Trinajstić information content (AvgIpc) is 2.25. The van der Waals surface area contributed by atoms with Crippen LogP contribution in [-0.4, -0.2) is 19.6 Å². The highest BCUT2D eigenvalue weighted by atomic mass is 35.5. The molecule has 0 aliphatic carbocycles. The maximum Gasteiger partial charge on any atom is 0.188 e. The molecule has 0 saturated heterocycles. The normalized spacial score (nSPS) is 10.6. The standard InChI is InChI=1S/C11H17N3.ClH/c1-13-11(12)14-9-5-8-10-6-3-2-4-7-10;/h2-4,6-7H,5,8-9H2,1H3,(H3,12,13,14);1H. The van der Waals surface area contributed by atoms with Gasteiger partial charge in [-0.2, -0.15) is 0 Å². The van der Waals surface area contributed by atoms with Crippen molar-refractivity contribution in [3.8, 4) is 0 Å². The average molecular weight is 228 g/mol. The molecule has 1 aromatic carbocycles. The summed E-state index contributed by atoms with van der Waals surface area (Å²) < 4.78 is 0. The van der Waals surface area contributed by atoms with Crippen molar-refractivity contribution in [1.82, 2.24) is 5.32 Å². The Kier molecular flexibility index (Phi) is 7.46. The van der Waals surface area contributed by atoms with Gasteiger partial charge >= 0.3 is 0 Å². The molecule has 3 N–H and O–H groups in total. The quantitative estimate of drug-likeness (QED) is 0.466. The van der Waals surface area contributed by atoms with Crippen molar-refractivity contribution in [2.24, 2.45) is 10.7 Å².